The van der Waals surface area contributed by atoms with E-state index in [1.165, 1.54) is 10.5 Å². The zero-order valence-corrected chi connectivity index (χ0v) is 18.1. The molecule has 2 fully saturated rings. The van der Waals surface area contributed by atoms with Crippen molar-refractivity contribution < 1.29 is 14.3 Å². The Labute approximate surface area is 184 Å². The molecule has 0 saturated carbocycles. The van der Waals surface area contributed by atoms with Gasteiger partial charge in [-0.25, -0.2) is 4.98 Å². The highest BCUT2D eigenvalue weighted by Gasteiger charge is 2.23. The minimum atomic E-state index is -0.387. The number of carbonyl (C=O) groups excluding carboxylic acids is 1. The van der Waals surface area contributed by atoms with Crippen LogP contribution in [0.25, 0.3) is 16.7 Å². The monoisotopic (exact) mass is 437 g/mol. The number of amides is 1. The summed E-state index contributed by atoms with van der Waals surface area (Å²) in [6.07, 6.45) is 5.30. The van der Waals surface area contributed by atoms with Gasteiger partial charge in [0.2, 0.25) is 0 Å². The standard InChI is InChI=1S/C23H27N5O4/c1-14-5-2-8-27-20(14)26-21-18(23(27)30)11-17(22(29)25-12-15-6-3-9-31-15)19(24)28(21)13-16-7-4-10-32-16/h2,5,8,11,15-16,24H,3-4,6-7,9-10,12-13H2,1H3,(H,25,29)/t15-,16+/m1/s1. The number of fused-ring (bicyclic) bond motifs is 2. The van der Waals surface area contributed by atoms with Gasteiger partial charge in [0.1, 0.15) is 16.8 Å². The fourth-order valence-corrected chi connectivity index (χ4v) is 4.55. The Kier molecular flexibility index (Phi) is 5.52. The van der Waals surface area contributed by atoms with Gasteiger partial charge < -0.3 is 19.4 Å². The number of nitrogens with one attached hydrogen (secondary N) is 2. The van der Waals surface area contributed by atoms with Gasteiger partial charge in [-0.2, -0.15) is 0 Å². The Morgan fingerprint density at radius 1 is 1.22 bits per heavy atom. The lowest BCUT2D eigenvalue weighted by Gasteiger charge is -2.18. The van der Waals surface area contributed by atoms with Crippen LogP contribution in [-0.4, -0.2) is 51.8 Å². The van der Waals surface area contributed by atoms with Crippen LogP contribution < -0.4 is 16.4 Å². The lowest BCUT2D eigenvalue weighted by atomic mass is 10.1. The van der Waals surface area contributed by atoms with Crippen molar-refractivity contribution in [3.05, 3.63) is 51.4 Å². The third kappa shape index (κ3) is 3.71. The minimum absolute atomic E-state index is 0.00758. The Hall–Kier alpha value is -3.04. The number of hydrogen-bond acceptors (Lipinski definition) is 6. The van der Waals surface area contributed by atoms with Gasteiger partial charge in [0.15, 0.2) is 0 Å². The molecular weight excluding hydrogens is 410 g/mol. The summed E-state index contributed by atoms with van der Waals surface area (Å²) in [5, 5.41) is 12.0. The highest BCUT2D eigenvalue weighted by atomic mass is 16.5. The van der Waals surface area contributed by atoms with E-state index in [2.05, 4.69) is 5.32 Å². The third-order valence-corrected chi connectivity index (χ3v) is 6.30. The molecule has 2 atom stereocenters. The van der Waals surface area contributed by atoms with Gasteiger partial charge in [0.05, 0.1) is 29.7 Å². The number of carbonyl (C=O) groups is 1. The van der Waals surface area contributed by atoms with E-state index in [4.69, 9.17) is 19.9 Å². The van der Waals surface area contributed by atoms with Crippen molar-refractivity contribution in [3.63, 3.8) is 0 Å². The molecule has 0 aliphatic carbocycles. The third-order valence-electron chi connectivity index (χ3n) is 6.30. The maximum Gasteiger partial charge on any atom is 0.267 e. The summed E-state index contributed by atoms with van der Waals surface area (Å²) < 4.78 is 14.5. The van der Waals surface area contributed by atoms with E-state index in [1.807, 2.05) is 13.0 Å². The van der Waals surface area contributed by atoms with Gasteiger partial charge in [-0.3, -0.25) is 19.4 Å². The first-order valence-corrected chi connectivity index (χ1v) is 11.1. The van der Waals surface area contributed by atoms with Crippen molar-refractivity contribution in [1.82, 2.24) is 19.3 Å². The first-order chi connectivity index (χ1) is 15.5. The highest BCUT2D eigenvalue weighted by Crippen LogP contribution is 2.18. The van der Waals surface area contributed by atoms with Crippen LogP contribution in [0.1, 0.15) is 41.6 Å². The van der Waals surface area contributed by atoms with Crippen molar-refractivity contribution in [2.75, 3.05) is 19.8 Å². The molecule has 9 nitrogen and oxygen atoms in total. The maximum absolute atomic E-state index is 13.3. The van der Waals surface area contributed by atoms with Crippen LogP contribution in [0.2, 0.25) is 0 Å². The van der Waals surface area contributed by atoms with Crippen LogP contribution in [-0.2, 0) is 16.0 Å². The number of pyridine rings is 2. The minimum Gasteiger partial charge on any atom is -0.376 e. The normalized spacial score (nSPS) is 20.9. The van der Waals surface area contributed by atoms with Gasteiger partial charge in [0.25, 0.3) is 11.5 Å². The largest absolute Gasteiger partial charge is 0.376 e. The average molecular weight is 438 g/mol. The Balaban J connectivity index is 1.65. The number of aryl methyl sites for hydroxylation is 1. The van der Waals surface area contributed by atoms with Gasteiger partial charge >= 0.3 is 0 Å². The van der Waals surface area contributed by atoms with Crippen LogP contribution in [0.15, 0.2) is 29.2 Å². The topological polar surface area (TPSA) is 111 Å². The van der Waals surface area contributed by atoms with E-state index in [-0.39, 0.29) is 34.7 Å². The summed E-state index contributed by atoms with van der Waals surface area (Å²) in [7, 11) is 0. The van der Waals surface area contributed by atoms with Crippen LogP contribution in [0.3, 0.4) is 0 Å². The molecule has 0 radical (unpaired) electrons. The number of hydrogen-bond donors (Lipinski definition) is 2. The molecule has 0 aromatic carbocycles. The van der Waals surface area contributed by atoms with Crippen molar-refractivity contribution in [2.45, 2.75) is 51.4 Å². The van der Waals surface area contributed by atoms with Gasteiger partial charge in [-0.05, 0) is 50.3 Å². The van der Waals surface area contributed by atoms with Crippen LogP contribution in [0.5, 0.6) is 0 Å². The highest BCUT2D eigenvalue weighted by molar-refractivity contribution is 5.96. The summed E-state index contributed by atoms with van der Waals surface area (Å²) in [5.74, 6) is -0.387. The molecule has 3 aromatic rings. The molecule has 3 aromatic heterocycles. The molecule has 2 aliphatic heterocycles. The summed E-state index contributed by atoms with van der Waals surface area (Å²) >= 11 is 0. The molecule has 9 heteroatoms. The molecule has 168 valence electrons. The van der Waals surface area contributed by atoms with Crippen LogP contribution in [0.4, 0.5) is 0 Å². The van der Waals surface area contributed by atoms with Crippen molar-refractivity contribution in [1.29, 1.82) is 5.41 Å². The zero-order chi connectivity index (χ0) is 22.2. The fraction of sp³-hybridized carbons (Fsp3) is 0.478. The van der Waals surface area contributed by atoms with Crippen molar-refractivity contribution in [3.8, 4) is 0 Å². The summed E-state index contributed by atoms with van der Waals surface area (Å²) in [6.45, 7) is 4.03. The zero-order valence-electron chi connectivity index (χ0n) is 18.1. The first kappa shape index (κ1) is 20.8. The molecule has 5 rings (SSSR count). The van der Waals surface area contributed by atoms with E-state index in [9.17, 15) is 9.59 Å². The Morgan fingerprint density at radius 3 is 2.69 bits per heavy atom. The van der Waals surface area contributed by atoms with Gasteiger partial charge in [-0.1, -0.05) is 6.07 Å². The van der Waals surface area contributed by atoms with Gasteiger partial charge in [-0.15, -0.1) is 0 Å². The number of rotatable bonds is 5. The van der Waals surface area contributed by atoms with E-state index in [0.29, 0.717) is 43.0 Å². The molecule has 1 amide bonds. The molecule has 2 N–H and O–H groups in total. The fourth-order valence-electron chi connectivity index (χ4n) is 4.55. The second-order valence-electron chi connectivity index (χ2n) is 8.54. The molecule has 32 heavy (non-hydrogen) atoms. The van der Waals surface area contributed by atoms with Crippen LogP contribution in [0, 0.1) is 12.3 Å². The average Bonchev–Trinajstić information content (AvgIpc) is 3.49. The summed E-state index contributed by atoms with van der Waals surface area (Å²) in [5.41, 5.74) is 1.73. The second-order valence-corrected chi connectivity index (χ2v) is 8.54. The van der Waals surface area contributed by atoms with Gasteiger partial charge in [0, 0.05) is 26.0 Å². The predicted octanol–water partition coefficient (Wildman–Crippen LogP) is 1.52. The van der Waals surface area contributed by atoms with Crippen molar-refractivity contribution in [2.24, 2.45) is 0 Å². The van der Waals surface area contributed by atoms with E-state index in [0.717, 1.165) is 31.2 Å². The molecule has 5 heterocycles. The van der Waals surface area contributed by atoms with E-state index < -0.39 is 0 Å². The maximum atomic E-state index is 13.3. The second kappa shape index (κ2) is 8.48. The molecular formula is C23H27N5O4. The smallest absolute Gasteiger partial charge is 0.267 e. The summed E-state index contributed by atoms with van der Waals surface area (Å²) in [6, 6.07) is 5.19. The molecule has 0 bridgehead atoms. The quantitative estimate of drug-likeness (QED) is 0.588. The number of ether oxygens (including phenoxy) is 2. The summed E-state index contributed by atoms with van der Waals surface area (Å²) in [4.78, 5) is 31.1. The van der Waals surface area contributed by atoms with Crippen molar-refractivity contribution >= 4 is 22.6 Å². The van der Waals surface area contributed by atoms with E-state index >= 15 is 0 Å². The number of nitrogens with zero attached hydrogens (tertiary/aromatic N) is 3. The van der Waals surface area contributed by atoms with Crippen LogP contribution >= 0.6 is 0 Å². The molecule has 0 spiro atoms. The Morgan fingerprint density at radius 2 is 1.97 bits per heavy atom. The molecule has 0 unspecified atom stereocenters. The Bertz CT molecular complexity index is 1300. The SMILES string of the molecule is Cc1cccn2c(=O)c3cc(C(=O)NC[C@H]4CCCO4)c(=N)n(C[C@@H]4CCCO4)c3nc12. The predicted molar refractivity (Wildman–Crippen MR) is 118 cm³/mol. The first-order valence-electron chi connectivity index (χ1n) is 11.1. The molecule has 2 aliphatic rings. The van der Waals surface area contributed by atoms with E-state index in [1.54, 1.807) is 16.8 Å². The number of aromatic nitrogens is 3. The lowest BCUT2D eigenvalue weighted by Crippen LogP contribution is -2.39. The molecule has 2 saturated heterocycles. The lowest BCUT2D eigenvalue weighted by molar-refractivity contribution is 0.0851.